The average Bonchev–Trinajstić information content (AvgIpc) is 2.62. The summed E-state index contributed by atoms with van der Waals surface area (Å²) in [6.45, 7) is 0. The van der Waals surface area contributed by atoms with Crippen molar-refractivity contribution in [3.63, 3.8) is 0 Å². The molecule has 0 heterocycles. The summed E-state index contributed by atoms with van der Waals surface area (Å²) < 4.78 is 0. The first-order valence-electron chi connectivity index (χ1n) is 7.31. The molecule has 0 saturated heterocycles. The first-order valence-corrected chi connectivity index (χ1v) is 8.07. The molecule has 0 spiro atoms. The highest BCUT2D eigenvalue weighted by Gasteiger charge is 2.23. The van der Waals surface area contributed by atoms with Crippen molar-refractivity contribution in [1.82, 2.24) is 5.43 Å². The third-order valence-corrected chi connectivity index (χ3v) is 3.91. The highest BCUT2D eigenvalue weighted by Crippen LogP contribution is 2.38. The number of para-hydroxylation sites is 2. The summed E-state index contributed by atoms with van der Waals surface area (Å²) in [5, 5.41) is 13.3. The monoisotopic (exact) mass is 372 g/mol. The molecule has 1 radical (unpaired) electrons. The zero-order chi connectivity index (χ0) is 17.8. The molecule has 125 valence electrons. The molecule has 0 bridgehead atoms. The van der Waals surface area contributed by atoms with E-state index in [9.17, 15) is 10.1 Å². The van der Waals surface area contributed by atoms with Gasteiger partial charge in [0.2, 0.25) is 0 Å². The fourth-order valence-electron chi connectivity index (χ4n) is 2.29. The fourth-order valence-corrected chi connectivity index (χ4v) is 2.81. The molecule has 0 saturated carbocycles. The van der Waals surface area contributed by atoms with E-state index in [-0.39, 0.29) is 21.4 Å². The van der Waals surface area contributed by atoms with E-state index in [0.29, 0.717) is 0 Å². The minimum absolute atomic E-state index is 0.0452. The van der Waals surface area contributed by atoms with Crippen molar-refractivity contribution < 1.29 is 4.92 Å². The van der Waals surface area contributed by atoms with Gasteiger partial charge in [-0.2, -0.15) is 5.43 Å². The van der Waals surface area contributed by atoms with Gasteiger partial charge in [0.15, 0.2) is 5.69 Å². The number of hydrogen-bond donors (Lipinski definition) is 0. The van der Waals surface area contributed by atoms with Crippen LogP contribution in [0.15, 0.2) is 72.8 Å². The van der Waals surface area contributed by atoms with Crippen LogP contribution in [0.5, 0.6) is 0 Å². The Morgan fingerprint density at radius 3 is 1.88 bits per heavy atom. The van der Waals surface area contributed by atoms with E-state index in [1.165, 1.54) is 12.1 Å². The second kappa shape index (κ2) is 7.42. The lowest BCUT2D eigenvalue weighted by Gasteiger charge is -2.24. The summed E-state index contributed by atoms with van der Waals surface area (Å²) in [5.74, 6) is 0. The van der Waals surface area contributed by atoms with Gasteiger partial charge in [-0.05, 0) is 30.3 Å². The van der Waals surface area contributed by atoms with Crippen LogP contribution >= 0.6 is 23.2 Å². The Morgan fingerprint density at radius 1 is 0.880 bits per heavy atom. The zero-order valence-electron chi connectivity index (χ0n) is 12.8. The molecule has 0 aliphatic heterocycles. The maximum atomic E-state index is 11.4. The minimum atomic E-state index is -0.551. The van der Waals surface area contributed by atoms with Crippen LogP contribution < -0.4 is 10.4 Å². The lowest BCUT2D eigenvalue weighted by atomic mass is 10.2. The van der Waals surface area contributed by atoms with Crippen LogP contribution in [-0.4, -0.2) is 4.92 Å². The molecule has 0 aliphatic carbocycles. The SMILES string of the molecule is O=[N+]([O-])c1cc(Cl)cc(Cl)c1[N]N(c1ccccc1)c1ccccc1. The lowest BCUT2D eigenvalue weighted by molar-refractivity contribution is -0.384. The van der Waals surface area contributed by atoms with Crippen LogP contribution in [0.2, 0.25) is 10.0 Å². The molecule has 0 unspecified atom stereocenters. The summed E-state index contributed by atoms with van der Waals surface area (Å²) in [6, 6.07) is 21.3. The second-order valence-corrected chi connectivity index (χ2v) is 5.94. The van der Waals surface area contributed by atoms with Crippen molar-refractivity contribution in [3.05, 3.63) is 93.0 Å². The molecule has 7 heteroatoms. The number of halogens is 2. The van der Waals surface area contributed by atoms with Crippen LogP contribution in [-0.2, 0) is 0 Å². The van der Waals surface area contributed by atoms with E-state index < -0.39 is 4.92 Å². The van der Waals surface area contributed by atoms with Gasteiger partial charge >= 0.3 is 0 Å². The number of anilines is 2. The Hall–Kier alpha value is -2.76. The first-order chi connectivity index (χ1) is 12.1. The summed E-state index contributed by atoms with van der Waals surface area (Å²) >= 11 is 12.1. The van der Waals surface area contributed by atoms with Gasteiger partial charge in [0.1, 0.15) is 0 Å². The molecule has 3 aromatic rings. The van der Waals surface area contributed by atoms with Crippen molar-refractivity contribution in [2.24, 2.45) is 0 Å². The molecule has 0 N–H and O–H groups in total. The summed E-state index contributed by atoms with van der Waals surface area (Å²) in [4.78, 5) is 10.8. The smallest absolute Gasteiger partial charge is 0.258 e. The third-order valence-electron chi connectivity index (χ3n) is 3.41. The number of benzene rings is 3. The predicted octanol–water partition coefficient (Wildman–Crippen LogP) is 5.89. The topological polar surface area (TPSA) is 60.5 Å². The van der Waals surface area contributed by atoms with Crippen molar-refractivity contribution in [1.29, 1.82) is 0 Å². The summed E-state index contributed by atoms with van der Waals surface area (Å²) in [6.07, 6.45) is 0. The van der Waals surface area contributed by atoms with Gasteiger partial charge in [0.05, 0.1) is 21.3 Å². The van der Waals surface area contributed by atoms with Gasteiger partial charge in [0.25, 0.3) is 5.69 Å². The highest BCUT2D eigenvalue weighted by molar-refractivity contribution is 6.36. The standard InChI is InChI=1S/C18H12Cl2N3O2/c19-13-11-16(20)18(17(12-13)23(24)25)21-22(14-7-3-1-4-8-14)15-9-5-2-6-10-15/h1-12H. The van der Waals surface area contributed by atoms with Crippen LogP contribution in [0.3, 0.4) is 0 Å². The largest absolute Gasteiger partial charge is 0.299 e. The van der Waals surface area contributed by atoms with E-state index in [1.54, 1.807) is 5.01 Å². The molecule has 0 fully saturated rings. The molecule has 0 amide bonds. The van der Waals surface area contributed by atoms with E-state index in [1.807, 2.05) is 60.7 Å². The Morgan fingerprint density at radius 2 is 1.40 bits per heavy atom. The third kappa shape index (κ3) is 3.84. The van der Waals surface area contributed by atoms with Crippen molar-refractivity contribution in [3.8, 4) is 0 Å². The van der Waals surface area contributed by atoms with Crippen LogP contribution in [0.4, 0.5) is 22.7 Å². The first kappa shape index (κ1) is 17.1. The number of rotatable bonds is 5. The lowest BCUT2D eigenvalue weighted by Crippen LogP contribution is -2.24. The van der Waals surface area contributed by atoms with Gasteiger partial charge in [0, 0.05) is 11.1 Å². The van der Waals surface area contributed by atoms with Crippen molar-refractivity contribution in [2.45, 2.75) is 0 Å². The Kier molecular flexibility index (Phi) is 5.07. The fraction of sp³-hybridized carbons (Fsp3) is 0. The number of nitro groups is 1. The second-order valence-electron chi connectivity index (χ2n) is 5.10. The maximum Gasteiger partial charge on any atom is 0.299 e. The normalized spacial score (nSPS) is 10.3. The Balaban J connectivity index is 2.10. The molecule has 25 heavy (non-hydrogen) atoms. The van der Waals surface area contributed by atoms with Gasteiger partial charge in [-0.15, -0.1) is 0 Å². The Bertz CT molecular complexity index is 850. The van der Waals surface area contributed by atoms with E-state index in [4.69, 9.17) is 23.2 Å². The number of nitrogens with zero attached hydrogens (tertiary/aromatic N) is 3. The van der Waals surface area contributed by atoms with Gasteiger partial charge in [-0.3, -0.25) is 10.1 Å². The van der Waals surface area contributed by atoms with Crippen LogP contribution in [0.25, 0.3) is 0 Å². The van der Waals surface area contributed by atoms with Crippen LogP contribution in [0.1, 0.15) is 0 Å². The van der Waals surface area contributed by atoms with Crippen molar-refractivity contribution in [2.75, 3.05) is 5.01 Å². The number of hydrogen-bond acceptors (Lipinski definition) is 3. The van der Waals surface area contributed by atoms with E-state index in [0.717, 1.165) is 11.4 Å². The predicted molar refractivity (Wildman–Crippen MR) is 99.9 cm³/mol. The molecule has 3 aromatic carbocycles. The van der Waals surface area contributed by atoms with Gasteiger partial charge in [-0.25, -0.2) is 5.01 Å². The number of nitro benzene ring substituents is 1. The molecule has 5 nitrogen and oxygen atoms in total. The van der Waals surface area contributed by atoms with Gasteiger partial charge in [-0.1, -0.05) is 59.6 Å². The maximum absolute atomic E-state index is 11.4. The van der Waals surface area contributed by atoms with E-state index in [2.05, 4.69) is 5.43 Å². The minimum Gasteiger partial charge on any atom is -0.258 e. The molecule has 3 rings (SSSR count). The summed E-state index contributed by atoms with van der Waals surface area (Å²) in [7, 11) is 0. The van der Waals surface area contributed by atoms with Crippen molar-refractivity contribution >= 4 is 46.0 Å². The Labute approximate surface area is 154 Å². The average molecular weight is 373 g/mol. The van der Waals surface area contributed by atoms with Crippen LogP contribution in [0, 0.1) is 10.1 Å². The summed E-state index contributed by atoms with van der Waals surface area (Å²) in [5.41, 5.74) is 5.74. The van der Waals surface area contributed by atoms with Gasteiger partial charge < -0.3 is 0 Å². The molecule has 0 aromatic heterocycles. The highest BCUT2D eigenvalue weighted by atomic mass is 35.5. The zero-order valence-corrected chi connectivity index (χ0v) is 14.4. The molecular weight excluding hydrogens is 361 g/mol. The van der Waals surface area contributed by atoms with E-state index >= 15 is 0 Å². The molecular formula is C18H12Cl2N3O2. The molecule has 0 atom stereocenters. The molecule has 0 aliphatic rings. The quantitative estimate of drug-likeness (QED) is 0.414.